The summed E-state index contributed by atoms with van der Waals surface area (Å²) >= 11 is 0. The van der Waals surface area contributed by atoms with Crippen molar-refractivity contribution in [2.75, 3.05) is 26.0 Å². The number of amides is 1. The second kappa shape index (κ2) is 6.65. The van der Waals surface area contributed by atoms with E-state index in [0.29, 0.717) is 11.3 Å². The van der Waals surface area contributed by atoms with Crippen LogP contribution < -0.4 is 10.2 Å². The molecule has 0 heterocycles. The van der Waals surface area contributed by atoms with Gasteiger partial charge >= 0.3 is 0 Å². The van der Waals surface area contributed by atoms with E-state index in [2.05, 4.69) is 15.5 Å². The molecule has 2 aromatic carbocycles. The van der Waals surface area contributed by atoms with Crippen LogP contribution in [0.15, 0.2) is 58.8 Å². The van der Waals surface area contributed by atoms with Gasteiger partial charge in [-0.1, -0.05) is 0 Å². The lowest BCUT2D eigenvalue weighted by atomic mass is 10.2. The van der Waals surface area contributed by atoms with Gasteiger partial charge in [0.2, 0.25) is 0 Å². The number of benzene rings is 2. The molecule has 0 aliphatic heterocycles. The van der Waals surface area contributed by atoms with Gasteiger partial charge in [0, 0.05) is 32.4 Å². The van der Waals surface area contributed by atoms with Crippen molar-refractivity contribution in [3.8, 4) is 0 Å². The second-order valence-corrected chi connectivity index (χ2v) is 4.74. The zero-order valence-electron chi connectivity index (χ0n) is 12.4. The van der Waals surface area contributed by atoms with Gasteiger partial charge in [0.1, 0.15) is 0 Å². The van der Waals surface area contributed by atoms with Gasteiger partial charge in [0.15, 0.2) is 0 Å². The van der Waals surface area contributed by atoms with Crippen LogP contribution in [0, 0.1) is 0 Å². The van der Waals surface area contributed by atoms with Crippen LogP contribution in [0.2, 0.25) is 0 Å². The van der Waals surface area contributed by atoms with Crippen LogP contribution >= 0.6 is 0 Å². The summed E-state index contributed by atoms with van der Waals surface area (Å²) in [6, 6.07) is 14.8. The van der Waals surface area contributed by atoms with Crippen molar-refractivity contribution in [3.05, 3.63) is 54.1 Å². The Morgan fingerprint density at radius 1 is 0.905 bits per heavy atom. The Morgan fingerprint density at radius 2 is 1.38 bits per heavy atom. The molecule has 0 bridgehead atoms. The topological polar surface area (TPSA) is 57.1 Å². The first-order valence-electron chi connectivity index (χ1n) is 6.61. The highest BCUT2D eigenvalue weighted by Crippen LogP contribution is 2.21. The summed E-state index contributed by atoms with van der Waals surface area (Å²) in [5.74, 6) is -0.113. The smallest absolute Gasteiger partial charge is 0.251 e. The van der Waals surface area contributed by atoms with Gasteiger partial charge in [-0.25, -0.2) is 0 Å². The van der Waals surface area contributed by atoms with Crippen molar-refractivity contribution in [2.45, 2.75) is 0 Å². The fourth-order valence-corrected chi connectivity index (χ4v) is 1.76. The molecule has 0 atom stereocenters. The number of rotatable bonds is 4. The minimum Gasteiger partial charge on any atom is -0.378 e. The fourth-order valence-electron chi connectivity index (χ4n) is 1.76. The molecule has 1 N–H and O–H groups in total. The molecule has 108 valence electrons. The molecule has 5 nitrogen and oxygen atoms in total. The zero-order chi connectivity index (χ0) is 15.2. The molecule has 0 radical (unpaired) electrons. The van der Waals surface area contributed by atoms with Crippen molar-refractivity contribution in [1.29, 1.82) is 0 Å². The normalized spacial score (nSPS) is 10.6. The summed E-state index contributed by atoms with van der Waals surface area (Å²) in [5.41, 5.74) is 3.21. The lowest BCUT2D eigenvalue weighted by molar-refractivity contribution is 0.0963. The third kappa shape index (κ3) is 3.89. The first-order valence-corrected chi connectivity index (χ1v) is 6.61. The van der Waals surface area contributed by atoms with Crippen LogP contribution in [0.25, 0.3) is 0 Å². The lowest BCUT2D eigenvalue weighted by Crippen LogP contribution is -2.17. The van der Waals surface area contributed by atoms with Crippen LogP contribution in [0.1, 0.15) is 10.4 Å². The molecule has 0 saturated heterocycles. The predicted octanol–water partition coefficient (Wildman–Crippen LogP) is 3.53. The minimum atomic E-state index is -0.113. The Balaban J connectivity index is 2.08. The standard InChI is InChI=1S/C16H18N4O/c1-17-16(21)12-4-6-13(7-5-12)18-19-14-8-10-15(11-9-14)20(2)3/h4-11H,1-3H3,(H,17,21)/b19-18+. The number of carbonyl (C=O) groups is 1. The number of nitrogens with zero attached hydrogens (tertiary/aromatic N) is 3. The number of hydrogen-bond acceptors (Lipinski definition) is 4. The molecule has 0 unspecified atom stereocenters. The van der Waals surface area contributed by atoms with E-state index in [0.717, 1.165) is 11.4 Å². The van der Waals surface area contributed by atoms with E-state index >= 15 is 0 Å². The first-order chi connectivity index (χ1) is 10.1. The van der Waals surface area contributed by atoms with Crippen molar-refractivity contribution < 1.29 is 4.79 Å². The molecular weight excluding hydrogens is 264 g/mol. The lowest BCUT2D eigenvalue weighted by Gasteiger charge is -2.11. The number of carbonyl (C=O) groups excluding carboxylic acids is 1. The van der Waals surface area contributed by atoms with Gasteiger partial charge in [-0.15, -0.1) is 0 Å². The highest BCUT2D eigenvalue weighted by atomic mass is 16.1. The zero-order valence-corrected chi connectivity index (χ0v) is 12.4. The third-order valence-electron chi connectivity index (χ3n) is 3.00. The van der Waals surface area contributed by atoms with Crippen molar-refractivity contribution in [1.82, 2.24) is 5.32 Å². The Morgan fingerprint density at radius 3 is 1.81 bits per heavy atom. The Kier molecular flexibility index (Phi) is 4.66. The van der Waals surface area contributed by atoms with E-state index in [1.807, 2.05) is 43.3 Å². The molecular formula is C16H18N4O. The Labute approximate surface area is 124 Å². The summed E-state index contributed by atoms with van der Waals surface area (Å²) in [5, 5.41) is 10.9. The number of anilines is 1. The predicted molar refractivity (Wildman–Crippen MR) is 84.8 cm³/mol. The maximum absolute atomic E-state index is 11.4. The molecule has 1 amide bonds. The molecule has 21 heavy (non-hydrogen) atoms. The summed E-state index contributed by atoms with van der Waals surface area (Å²) in [4.78, 5) is 13.4. The van der Waals surface area contributed by atoms with Gasteiger partial charge in [-0.05, 0) is 48.5 Å². The van der Waals surface area contributed by atoms with Crippen LogP contribution in [0.5, 0.6) is 0 Å². The second-order valence-electron chi connectivity index (χ2n) is 4.74. The number of azo groups is 1. The molecule has 0 aliphatic rings. The van der Waals surface area contributed by atoms with Gasteiger partial charge in [-0.2, -0.15) is 10.2 Å². The Hall–Kier alpha value is -2.69. The number of hydrogen-bond donors (Lipinski definition) is 1. The first kappa shape index (κ1) is 14.7. The average molecular weight is 282 g/mol. The molecule has 0 saturated carbocycles. The van der Waals surface area contributed by atoms with E-state index in [-0.39, 0.29) is 5.91 Å². The SMILES string of the molecule is CNC(=O)c1ccc(/N=N/c2ccc(N(C)C)cc2)cc1. The van der Waals surface area contributed by atoms with E-state index in [1.165, 1.54) is 0 Å². The van der Waals surface area contributed by atoms with Crippen LogP contribution in [-0.2, 0) is 0 Å². The highest BCUT2D eigenvalue weighted by Gasteiger charge is 2.01. The minimum absolute atomic E-state index is 0.113. The molecule has 0 aromatic heterocycles. The van der Waals surface area contributed by atoms with Gasteiger partial charge in [0.25, 0.3) is 5.91 Å². The maximum Gasteiger partial charge on any atom is 0.251 e. The molecule has 2 aromatic rings. The summed E-state index contributed by atoms with van der Waals surface area (Å²) in [6.45, 7) is 0. The van der Waals surface area contributed by atoms with Gasteiger partial charge in [-0.3, -0.25) is 4.79 Å². The molecule has 5 heteroatoms. The third-order valence-corrected chi connectivity index (χ3v) is 3.00. The van der Waals surface area contributed by atoms with Crippen LogP contribution in [0.4, 0.5) is 17.1 Å². The molecule has 0 fully saturated rings. The summed E-state index contributed by atoms with van der Waals surface area (Å²) in [6.07, 6.45) is 0. The maximum atomic E-state index is 11.4. The average Bonchev–Trinajstić information content (AvgIpc) is 2.53. The van der Waals surface area contributed by atoms with Crippen molar-refractivity contribution in [2.24, 2.45) is 10.2 Å². The fraction of sp³-hybridized carbons (Fsp3) is 0.188. The Bertz CT molecular complexity index is 630. The van der Waals surface area contributed by atoms with Crippen molar-refractivity contribution in [3.63, 3.8) is 0 Å². The molecule has 0 spiro atoms. The monoisotopic (exact) mass is 282 g/mol. The van der Waals surface area contributed by atoms with Crippen LogP contribution in [-0.4, -0.2) is 27.1 Å². The molecule has 2 rings (SSSR count). The number of nitrogens with one attached hydrogen (secondary N) is 1. The summed E-state index contributed by atoms with van der Waals surface area (Å²) < 4.78 is 0. The van der Waals surface area contributed by atoms with Crippen LogP contribution in [0.3, 0.4) is 0 Å². The van der Waals surface area contributed by atoms with E-state index in [4.69, 9.17) is 0 Å². The molecule has 0 aliphatic carbocycles. The van der Waals surface area contributed by atoms with E-state index < -0.39 is 0 Å². The summed E-state index contributed by atoms with van der Waals surface area (Å²) in [7, 11) is 5.59. The van der Waals surface area contributed by atoms with Crippen molar-refractivity contribution >= 4 is 23.0 Å². The van der Waals surface area contributed by atoms with E-state index in [1.54, 1.807) is 31.3 Å². The largest absolute Gasteiger partial charge is 0.378 e. The van der Waals surface area contributed by atoms with Gasteiger partial charge in [0.05, 0.1) is 11.4 Å². The quantitative estimate of drug-likeness (QED) is 0.872. The van der Waals surface area contributed by atoms with Gasteiger partial charge < -0.3 is 10.2 Å². The highest BCUT2D eigenvalue weighted by molar-refractivity contribution is 5.94. The van der Waals surface area contributed by atoms with E-state index in [9.17, 15) is 4.79 Å².